The van der Waals surface area contributed by atoms with Crippen molar-refractivity contribution in [2.45, 2.75) is 99.3 Å². The van der Waals surface area contributed by atoms with Gasteiger partial charge in [-0.05, 0) is 153 Å². The Labute approximate surface area is 296 Å². The van der Waals surface area contributed by atoms with Crippen molar-refractivity contribution in [1.82, 2.24) is 9.80 Å². The molecule has 270 valence electrons. The molecule has 9 atom stereocenters. The Morgan fingerprint density at radius 2 is 1.55 bits per heavy atom. The topological polar surface area (TPSA) is 81.1 Å². The smallest absolute Gasteiger partial charge is 0.335 e. The van der Waals surface area contributed by atoms with Crippen LogP contribution in [-0.4, -0.2) is 72.2 Å². The summed E-state index contributed by atoms with van der Waals surface area (Å²) in [6, 6.07) is 7.53. The molecule has 1 aromatic carbocycles. The van der Waals surface area contributed by atoms with E-state index in [1.165, 1.54) is 36.8 Å². The molecule has 0 saturated heterocycles. The lowest BCUT2D eigenvalue weighted by atomic mass is 9.32. The van der Waals surface area contributed by atoms with E-state index in [0.717, 1.165) is 44.2 Å². The Kier molecular flexibility index (Phi) is 9.39. The van der Waals surface area contributed by atoms with Crippen molar-refractivity contribution >= 4 is 17.4 Å². The fraction of sp³-hybridized carbons (Fsp3) is 0.721. The Morgan fingerprint density at radius 1 is 0.857 bits per heavy atom. The molecule has 49 heavy (non-hydrogen) atoms. The number of aromatic carboxylic acids is 1. The predicted molar refractivity (Wildman–Crippen MR) is 198 cm³/mol. The zero-order valence-electron chi connectivity index (χ0n) is 31.8. The molecule has 4 fully saturated rings. The van der Waals surface area contributed by atoms with Gasteiger partial charge in [-0.1, -0.05) is 65.0 Å². The zero-order valence-corrected chi connectivity index (χ0v) is 31.8. The summed E-state index contributed by atoms with van der Waals surface area (Å²) < 4.78 is 0. The van der Waals surface area contributed by atoms with Crippen LogP contribution in [0, 0.1) is 56.7 Å². The number of benzene rings is 1. The monoisotopic (exact) mass is 672 g/mol. The standard InChI is InChI=1S/C43H64N2O4/c1-28(2)31-16-21-43(38(49)45(26-27-46)25-24-44(8)9)23-22-41(6)33(36(31)43)14-15-35-40(5)19-17-32(29-10-12-30(13-11-29)37(47)48)39(3,4)34(40)18-20-42(35,41)7/h10-13,17,31,33-36,46H,1,14-16,18-27H2,2-9H3,(H,47,48). The van der Waals surface area contributed by atoms with E-state index in [1.54, 1.807) is 12.1 Å². The van der Waals surface area contributed by atoms with Gasteiger partial charge < -0.3 is 20.0 Å². The van der Waals surface area contributed by atoms with Gasteiger partial charge in [0.1, 0.15) is 0 Å². The van der Waals surface area contributed by atoms with Crippen molar-refractivity contribution in [3.8, 4) is 0 Å². The highest BCUT2D eigenvalue weighted by atomic mass is 16.4. The second kappa shape index (κ2) is 12.7. The van der Waals surface area contributed by atoms with Gasteiger partial charge in [0.2, 0.25) is 5.91 Å². The van der Waals surface area contributed by atoms with Crippen LogP contribution in [0.1, 0.15) is 115 Å². The van der Waals surface area contributed by atoms with E-state index in [4.69, 9.17) is 0 Å². The Balaban J connectivity index is 1.34. The zero-order chi connectivity index (χ0) is 35.7. The predicted octanol–water partition coefficient (Wildman–Crippen LogP) is 8.42. The highest BCUT2D eigenvalue weighted by molar-refractivity contribution is 5.88. The van der Waals surface area contributed by atoms with E-state index in [2.05, 4.69) is 73.2 Å². The van der Waals surface area contributed by atoms with E-state index in [1.807, 2.05) is 17.0 Å². The average Bonchev–Trinajstić information content (AvgIpc) is 3.44. The van der Waals surface area contributed by atoms with Gasteiger partial charge in [0, 0.05) is 19.6 Å². The molecule has 0 spiro atoms. The van der Waals surface area contributed by atoms with Gasteiger partial charge in [-0.3, -0.25) is 4.79 Å². The Hall–Kier alpha value is -2.44. The number of aliphatic hydroxyl groups excluding tert-OH is 1. The molecule has 6 heteroatoms. The fourth-order valence-electron chi connectivity index (χ4n) is 13.5. The van der Waals surface area contributed by atoms with E-state index in [-0.39, 0.29) is 33.7 Å². The van der Waals surface area contributed by atoms with E-state index in [9.17, 15) is 19.8 Å². The normalized spacial score (nSPS) is 39.2. The lowest BCUT2D eigenvalue weighted by molar-refractivity contribution is -0.226. The number of likely N-dealkylation sites (N-methyl/N-ethyl adjacent to an activating group) is 1. The van der Waals surface area contributed by atoms with Crippen molar-refractivity contribution in [2.24, 2.45) is 56.7 Å². The summed E-state index contributed by atoms with van der Waals surface area (Å²) in [5.74, 6) is 1.72. The summed E-state index contributed by atoms with van der Waals surface area (Å²) in [7, 11) is 4.11. The van der Waals surface area contributed by atoms with Gasteiger partial charge in [0.05, 0.1) is 17.6 Å². The minimum Gasteiger partial charge on any atom is -0.478 e. The molecule has 1 aromatic rings. The third-order valence-electron chi connectivity index (χ3n) is 16.0. The average molecular weight is 673 g/mol. The first kappa shape index (κ1) is 36.4. The Morgan fingerprint density at radius 3 is 2.16 bits per heavy atom. The number of aliphatic hydroxyl groups is 1. The maximum absolute atomic E-state index is 14.9. The van der Waals surface area contributed by atoms with Crippen molar-refractivity contribution < 1.29 is 19.8 Å². The van der Waals surface area contributed by atoms with Crippen LogP contribution >= 0.6 is 0 Å². The van der Waals surface area contributed by atoms with Crippen LogP contribution in [0.25, 0.3) is 5.57 Å². The van der Waals surface area contributed by atoms with Crippen molar-refractivity contribution in [3.63, 3.8) is 0 Å². The number of amides is 1. The van der Waals surface area contributed by atoms with Gasteiger partial charge in [-0.15, -0.1) is 0 Å². The molecule has 5 aliphatic carbocycles. The van der Waals surface area contributed by atoms with Gasteiger partial charge >= 0.3 is 5.97 Å². The van der Waals surface area contributed by atoms with Crippen molar-refractivity contribution in [1.29, 1.82) is 0 Å². The highest BCUT2D eigenvalue weighted by Gasteiger charge is 2.71. The van der Waals surface area contributed by atoms with Crippen molar-refractivity contribution in [2.75, 3.05) is 40.3 Å². The summed E-state index contributed by atoms with van der Waals surface area (Å²) in [5, 5.41) is 19.5. The van der Waals surface area contributed by atoms with Crippen LogP contribution in [0.15, 0.2) is 42.5 Å². The number of allylic oxidation sites excluding steroid dienone is 3. The number of nitrogens with zero attached hydrogens (tertiary/aromatic N) is 2. The van der Waals surface area contributed by atoms with E-state index < -0.39 is 5.97 Å². The summed E-state index contributed by atoms with van der Waals surface area (Å²) >= 11 is 0. The molecule has 0 aliphatic heterocycles. The summed E-state index contributed by atoms with van der Waals surface area (Å²) in [5.41, 5.74) is 4.22. The molecule has 9 unspecified atom stereocenters. The molecule has 4 saturated carbocycles. The molecule has 0 bridgehead atoms. The van der Waals surface area contributed by atoms with Gasteiger partial charge in [0.15, 0.2) is 0 Å². The maximum Gasteiger partial charge on any atom is 0.335 e. The molecule has 1 amide bonds. The molecule has 2 N–H and O–H groups in total. The number of rotatable bonds is 9. The number of carbonyl (C=O) groups excluding carboxylic acids is 1. The number of carboxylic acid groups (broad SMARTS) is 1. The highest BCUT2D eigenvalue weighted by Crippen LogP contribution is 2.78. The van der Waals surface area contributed by atoms with Crippen LogP contribution < -0.4 is 0 Å². The number of hydrogen-bond donors (Lipinski definition) is 2. The quantitative estimate of drug-likeness (QED) is 0.258. The van der Waals surface area contributed by atoms with E-state index in [0.29, 0.717) is 54.1 Å². The van der Waals surface area contributed by atoms with Gasteiger partial charge in [-0.2, -0.15) is 0 Å². The molecule has 0 heterocycles. The lowest BCUT2D eigenvalue weighted by Gasteiger charge is -2.72. The van der Waals surface area contributed by atoms with Crippen LogP contribution in [-0.2, 0) is 4.79 Å². The molecular formula is C43H64N2O4. The summed E-state index contributed by atoms with van der Waals surface area (Å²) in [6.45, 7) is 21.4. The lowest BCUT2D eigenvalue weighted by Crippen LogP contribution is -2.66. The first-order valence-electron chi connectivity index (χ1n) is 19.2. The first-order valence-corrected chi connectivity index (χ1v) is 19.2. The molecule has 0 radical (unpaired) electrons. The molecule has 0 aromatic heterocycles. The fourth-order valence-corrected chi connectivity index (χ4v) is 13.5. The summed E-state index contributed by atoms with van der Waals surface area (Å²) in [4.78, 5) is 30.5. The molecular weight excluding hydrogens is 608 g/mol. The largest absolute Gasteiger partial charge is 0.478 e. The van der Waals surface area contributed by atoms with Crippen LogP contribution in [0.2, 0.25) is 0 Å². The minimum atomic E-state index is -0.880. The molecule has 5 aliphatic rings. The van der Waals surface area contributed by atoms with Gasteiger partial charge in [-0.25, -0.2) is 4.79 Å². The number of carbonyl (C=O) groups is 2. The summed E-state index contributed by atoms with van der Waals surface area (Å²) in [6.07, 6.45) is 12.4. The SMILES string of the molecule is C=C(C)C1CCC2(C(=O)N(CCO)CCN(C)C)CCC3(C)C(CCC4C5(C)CC=C(c6ccc(C(=O)O)cc6)C(C)(C)C5CCC43C)C12. The van der Waals surface area contributed by atoms with E-state index >= 15 is 0 Å². The number of hydrogen-bond acceptors (Lipinski definition) is 4. The van der Waals surface area contributed by atoms with Crippen LogP contribution in [0.5, 0.6) is 0 Å². The minimum absolute atomic E-state index is 0.00459. The van der Waals surface area contributed by atoms with Gasteiger partial charge in [0.25, 0.3) is 0 Å². The number of carboxylic acids is 1. The third kappa shape index (κ3) is 5.40. The number of fused-ring (bicyclic) bond motifs is 7. The third-order valence-corrected chi connectivity index (χ3v) is 16.0. The Bertz CT molecular complexity index is 1500. The van der Waals surface area contributed by atoms with Crippen LogP contribution in [0.4, 0.5) is 0 Å². The van der Waals surface area contributed by atoms with Crippen molar-refractivity contribution in [3.05, 3.63) is 53.6 Å². The maximum atomic E-state index is 14.9. The van der Waals surface area contributed by atoms with Crippen LogP contribution in [0.3, 0.4) is 0 Å². The molecule has 6 rings (SSSR count). The second-order valence-corrected chi connectivity index (χ2v) is 18.6. The molecule has 6 nitrogen and oxygen atoms in total. The second-order valence-electron chi connectivity index (χ2n) is 18.6. The first-order chi connectivity index (χ1) is 23.0.